The Morgan fingerprint density at radius 1 is 1.12 bits per heavy atom. The van der Waals surface area contributed by atoms with Crippen molar-refractivity contribution in [2.75, 3.05) is 0 Å². The molecule has 4 rings (SSSR count). The summed E-state index contributed by atoms with van der Waals surface area (Å²) in [7, 11) is 0. The fourth-order valence-electron chi connectivity index (χ4n) is 3.84. The minimum atomic E-state index is 0.00863. The summed E-state index contributed by atoms with van der Waals surface area (Å²) in [6.45, 7) is 0. The summed E-state index contributed by atoms with van der Waals surface area (Å²) in [6, 6.07) is 16.0. The minimum Gasteiger partial charge on any atom is -0.345 e. The quantitative estimate of drug-likeness (QED) is 0.581. The number of thiophene rings is 1. The topological polar surface area (TPSA) is 29.1 Å². The number of carbonyl (C=O) groups is 1. The summed E-state index contributed by atoms with van der Waals surface area (Å²) >= 11 is 7.82. The van der Waals surface area contributed by atoms with E-state index >= 15 is 0 Å². The predicted octanol–water partition coefficient (Wildman–Crippen LogP) is 6.22. The van der Waals surface area contributed by atoms with Crippen molar-refractivity contribution < 1.29 is 4.79 Å². The van der Waals surface area contributed by atoms with Gasteiger partial charge in [-0.2, -0.15) is 0 Å². The summed E-state index contributed by atoms with van der Waals surface area (Å²) in [5, 5.41) is 7.02. The zero-order chi connectivity index (χ0) is 17.2. The molecule has 1 aliphatic rings. The van der Waals surface area contributed by atoms with Gasteiger partial charge < -0.3 is 5.32 Å². The summed E-state index contributed by atoms with van der Waals surface area (Å²) in [5.74, 6) is 0.488. The number of rotatable bonds is 4. The van der Waals surface area contributed by atoms with E-state index in [0.29, 0.717) is 5.92 Å². The molecule has 0 saturated heterocycles. The molecule has 0 radical (unpaired) electrons. The Kier molecular flexibility index (Phi) is 4.78. The van der Waals surface area contributed by atoms with Gasteiger partial charge in [0.25, 0.3) is 5.91 Å². The molecule has 1 amide bonds. The van der Waals surface area contributed by atoms with Gasteiger partial charge in [0, 0.05) is 20.5 Å². The highest BCUT2D eigenvalue weighted by molar-refractivity contribution is 7.17. The number of nitrogens with one attached hydrogen (secondary N) is 1. The summed E-state index contributed by atoms with van der Waals surface area (Å²) in [6.07, 6.45) is 4.78. The van der Waals surface area contributed by atoms with Gasteiger partial charge in [-0.3, -0.25) is 4.79 Å². The molecule has 2 aromatic carbocycles. The normalized spacial score (nSPS) is 16.2. The van der Waals surface area contributed by atoms with Crippen LogP contribution in [0.25, 0.3) is 10.1 Å². The van der Waals surface area contributed by atoms with E-state index in [0.717, 1.165) is 39.1 Å². The van der Waals surface area contributed by atoms with Crippen LogP contribution < -0.4 is 5.32 Å². The molecular weight excluding hydrogens is 350 g/mol. The van der Waals surface area contributed by atoms with Gasteiger partial charge in [-0.05, 0) is 42.5 Å². The van der Waals surface area contributed by atoms with Gasteiger partial charge >= 0.3 is 0 Å². The van der Waals surface area contributed by atoms with Crippen molar-refractivity contribution >= 4 is 38.9 Å². The van der Waals surface area contributed by atoms with E-state index in [9.17, 15) is 4.79 Å². The van der Waals surface area contributed by atoms with E-state index in [1.165, 1.54) is 12.8 Å². The van der Waals surface area contributed by atoms with Crippen LogP contribution in [0.3, 0.4) is 0 Å². The lowest BCUT2D eigenvalue weighted by atomic mass is 9.91. The number of amides is 1. The molecule has 1 heterocycles. The Morgan fingerprint density at radius 2 is 1.92 bits per heavy atom. The molecule has 3 aromatic rings. The fourth-order valence-corrected chi connectivity index (χ4v) is 4.98. The number of hydrogen-bond acceptors (Lipinski definition) is 2. The molecule has 25 heavy (non-hydrogen) atoms. The standard InChI is InChI=1S/C21H20ClNOS/c22-16-9-5-8-15(12-16)20(14-6-1-2-7-14)23-21(24)18-13-25-19-11-4-3-10-17(18)19/h3-5,8-14,20H,1-2,6-7H2,(H,23,24). The number of carbonyl (C=O) groups excluding carboxylic acids is 1. The highest BCUT2D eigenvalue weighted by Crippen LogP contribution is 2.37. The van der Waals surface area contributed by atoms with Crippen molar-refractivity contribution in [3.05, 3.63) is 70.1 Å². The smallest absolute Gasteiger partial charge is 0.253 e. The van der Waals surface area contributed by atoms with Crippen LogP contribution in [0.15, 0.2) is 53.9 Å². The lowest BCUT2D eigenvalue weighted by Crippen LogP contribution is -2.32. The molecule has 1 unspecified atom stereocenters. The minimum absolute atomic E-state index is 0.00863. The van der Waals surface area contributed by atoms with Crippen molar-refractivity contribution in [3.63, 3.8) is 0 Å². The predicted molar refractivity (Wildman–Crippen MR) is 105 cm³/mol. The SMILES string of the molecule is O=C(NC(c1cccc(Cl)c1)C1CCCC1)c1csc2ccccc12. The lowest BCUT2D eigenvalue weighted by molar-refractivity contribution is 0.0924. The number of benzene rings is 2. The van der Waals surface area contributed by atoms with Gasteiger partial charge in [0.15, 0.2) is 0 Å². The van der Waals surface area contributed by atoms with Crippen LogP contribution in [0.2, 0.25) is 5.02 Å². The third kappa shape index (κ3) is 3.44. The first kappa shape index (κ1) is 16.6. The average Bonchev–Trinajstić information content (AvgIpc) is 3.29. The van der Waals surface area contributed by atoms with E-state index < -0.39 is 0 Å². The van der Waals surface area contributed by atoms with Gasteiger partial charge in [-0.15, -0.1) is 11.3 Å². The first-order chi connectivity index (χ1) is 12.2. The van der Waals surface area contributed by atoms with E-state index in [4.69, 9.17) is 11.6 Å². The molecule has 2 nitrogen and oxygen atoms in total. The molecule has 4 heteroatoms. The second-order valence-corrected chi connectivity index (χ2v) is 8.04. The fraction of sp³-hybridized carbons (Fsp3) is 0.286. The van der Waals surface area contributed by atoms with Crippen LogP contribution in [-0.2, 0) is 0 Å². The van der Waals surface area contributed by atoms with E-state index in [-0.39, 0.29) is 11.9 Å². The monoisotopic (exact) mass is 369 g/mol. The molecule has 1 atom stereocenters. The largest absolute Gasteiger partial charge is 0.345 e. The number of halogens is 1. The van der Waals surface area contributed by atoms with Crippen LogP contribution >= 0.6 is 22.9 Å². The van der Waals surface area contributed by atoms with E-state index in [2.05, 4.69) is 17.4 Å². The zero-order valence-electron chi connectivity index (χ0n) is 13.9. The molecule has 1 aliphatic carbocycles. The highest BCUT2D eigenvalue weighted by atomic mass is 35.5. The van der Waals surface area contributed by atoms with E-state index in [1.54, 1.807) is 11.3 Å². The summed E-state index contributed by atoms with van der Waals surface area (Å²) in [4.78, 5) is 13.0. The Hall–Kier alpha value is -1.84. The first-order valence-corrected chi connectivity index (χ1v) is 10.0. The highest BCUT2D eigenvalue weighted by Gasteiger charge is 2.28. The average molecular weight is 370 g/mol. The molecule has 0 spiro atoms. The maximum Gasteiger partial charge on any atom is 0.253 e. The second kappa shape index (κ2) is 7.19. The maximum absolute atomic E-state index is 13.0. The maximum atomic E-state index is 13.0. The Morgan fingerprint density at radius 3 is 2.72 bits per heavy atom. The third-order valence-corrected chi connectivity index (χ3v) is 6.29. The van der Waals surface area contributed by atoms with Crippen LogP contribution in [0.4, 0.5) is 0 Å². The molecular formula is C21H20ClNOS. The Balaban J connectivity index is 1.65. The van der Waals surface area contributed by atoms with Gasteiger partial charge in [0.2, 0.25) is 0 Å². The second-order valence-electron chi connectivity index (χ2n) is 6.70. The Bertz CT molecular complexity index is 898. The molecule has 1 fully saturated rings. The van der Waals surface area contributed by atoms with E-state index in [1.807, 2.05) is 41.8 Å². The lowest BCUT2D eigenvalue weighted by Gasteiger charge is -2.25. The van der Waals surface area contributed by atoms with Gasteiger partial charge in [-0.25, -0.2) is 0 Å². The van der Waals surface area contributed by atoms with Crippen molar-refractivity contribution in [1.29, 1.82) is 0 Å². The zero-order valence-corrected chi connectivity index (χ0v) is 15.4. The van der Waals surface area contributed by atoms with Crippen molar-refractivity contribution in [1.82, 2.24) is 5.32 Å². The Labute approximate surface area is 156 Å². The van der Waals surface area contributed by atoms with Crippen molar-refractivity contribution in [2.45, 2.75) is 31.7 Å². The van der Waals surface area contributed by atoms with Gasteiger partial charge in [0.1, 0.15) is 0 Å². The van der Waals surface area contributed by atoms with Crippen LogP contribution in [0.5, 0.6) is 0 Å². The summed E-state index contributed by atoms with van der Waals surface area (Å²) < 4.78 is 1.15. The first-order valence-electron chi connectivity index (χ1n) is 8.75. The van der Waals surface area contributed by atoms with Crippen LogP contribution in [-0.4, -0.2) is 5.91 Å². The van der Waals surface area contributed by atoms with Crippen molar-refractivity contribution in [3.8, 4) is 0 Å². The molecule has 0 bridgehead atoms. The van der Waals surface area contributed by atoms with Crippen molar-refractivity contribution in [2.24, 2.45) is 5.92 Å². The molecule has 1 N–H and O–H groups in total. The van der Waals surface area contributed by atoms with Gasteiger partial charge in [0.05, 0.1) is 11.6 Å². The number of fused-ring (bicyclic) bond motifs is 1. The van der Waals surface area contributed by atoms with Crippen LogP contribution in [0, 0.1) is 5.92 Å². The summed E-state index contributed by atoms with van der Waals surface area (Å²) in [5.41, 5.74) is 1.87. The molecule has 128 valence electrons. The third-order valence-electron chi connectivity index (χ3n) is 5.09. The molecule has 0 aliphatic heterocycles. The number of hydrogen-bond donors (Lipinski definition) is 1. The molecule has 1 aromatic heterocycles. The van der Waals surface area contributed by atoms with Crippen LogP contribution in [0.1, 0.15) is 47.6 Å². The van der Waals surface area contributed by atoms with Gasteiger partial charge in [-0.1, -0.05) is 54.8 Å². The molecule has 1 saturated carbocycles.